The van der Waals surface area contributed by atoms with Gasteiger partial charge in [-0.1, -0.05) is 0 Å². The number of hydrogen-bond donors (Lipinski definition) is 1. The molecule has 0 atom stereocenters. The Morgan fingerprint density at radius 3 is 2.36 bits per heavy atom. The first-order valence-electron chi connectivity index (χ1n) is 7.95. The first-order chi connectivity index (χ1) is 11.8. The summed E-state index contributed by atoms with van der Waals surface area (Å²) in [5.41, 5.74) is 0.494. The lowest BCUT2D eigenvalue weighted by molar-refractivity contribution is -0.148. The molecule has 136 valence electrons. The number of nitrogens with zero attached hydrogens (tertiary/aromatic N) is 3. The highest BCUT2D eigenvalue weighted by Gasteiger charge is 2.32. The van der Waals surface area contributed by atoms with Crippen molar-refractivity contribution in [3.05, 3.63) is 30.0 Å². The van der Waals surface area contributed by atoms with Gasteiger partial charge in [0.2, 0.25) is 0 Å². The number of alkyl halides is 3. The van der Waals surface area contributed by atoms with Crippen molar-refractivity contribution < 1.29 is 22.0 Å². The average molecular weight is 360 g/mol. The van der Waals surface area contributed by atoms with Gasteiger partial charge in [-0.15, -0.1) is 0 Å². The molecule has 2 heterocycles. The second-order valence-electron chi connectivity index (χ2n) is 6.23. The summed E-state index contributed by atoms with van der Waals surface area (Å²) in [6, 6.07) is 1.97. The average Bonchev–Trinajstić information content (AvgIpc) is 2.54. The molecule has 1 N–H and O–H groups in total. The number of fused-ring (bicyclic) bond motifs is 1. The van der Waals surface area contributed by atoms with Crippen molar-refractivity contribution in [3.63, 3.8) is 0 Å². The highest BCUT2D eigenvalue weighted by atomic mass is 19.4. The summed E-state index contributed by atoms with van der Waals surface area (Å²) in [6.07, 6.45) is -1.42. The van der Waals surface area contributed by atoms with E-state index in [1.54, 1.807) is 0 Å². The van der Waals surface area contributed by atoms with Crippen LogP contribution in [-0.4, -0.2) is 47.2 Å². The van der Waals surface area contributed by atoms with E-state index < -0.39 is 24.4 Å². The van der Waals surface area contributed by atoms with Crippen LogP contribution >= 0.6 is 0 Å². The predicted molar refractivity (Wildman–Crippen MR) is 83.2 cm³/mol. The van der Waals surface area contributed by atoms with E-state index >= 15 is 0 Å². The Bertz CT molecular complexity index is 741. The Balaban J connectivity index is 1.54. The molecule has 0 saturated carbocycles. The summed E-state index contributed by atoms with van der Waals surface area (Å²) < 4.78 is 63.5. The molecule has 25 heavy (non-hydrogen) atoms. The number of hydrogen-bond acceptors (Lipinski definition) is 4. The normalized spacial score (nSPS) is 17.2. The van der Waals surface area contributed by atoms with Crippen molar-refractivity contribution in [2.24, 2.45) is 5.92 Å². The molecule has 9 heteroatoms. The maximum Gasteiger partial charge on any atom is 0.401 e. The van der Waals surface area contributed by atoms with E-state index in [0.29, 0.717) is 38.3 Å². The van der Waals surface area contributed by atoms with Crippen LogP contribution in [0.1, 0.15) is 12.8 Å². The number of piperidine rings is 1. The fraction of sp³-hybridized carbons (Fsp3) is 0.500. The van der Waals surface area contributed by atoms with E-state index in [1.165, 1.54) is 11.1 Å². The van der Waals surface area contributed by atoms with Crippen molar-refractivity contribution in [1.29, 1.82) is 0 Å². The van der Waals surface area contributed by atoms with Crippen molar-refractivity contribution in [1.82, 2.24) is 14.9 Å². The molecule has 1 aromatic carbocycles. The lowest BCUT2D eigenvalue weighted by atomic mass is 9.97. The lowest BCUT2D eigenvalue weighted by Gasteiger charge is -2.32. The van der Waals surface area contributed by atoms with Crippen molar-refractivity contribution in [2.75, 3.05) is 31.5 Å². The number of nitrogens with one attached hydrogen (secondary N) is 1. The van der Waals surface area contributed by atoms with Gasteiger partial charge in [0.1, 0.15) is 5.82 Å². The predicted octanol–water partition coefficient (Wildman–Crippen LogP) is 3.59. The zero-order valence-electron chi connectivity index (χ0n) is 13.3. The van der Waals surface area contributed by atoms with E-state index in [9.17, 15) is 22.0 Å². The maximum atomic E-state index is 13.3. The minimum atomic E-state index is -4.17. The minimum absolute atomic E-state index is 0.229. The van der Waals surface area contributed by atoms with Gasteiger partial charge in [-0.2, -0.15) is 13.2 Å². The second-order valence-corrected chi connectivity index (χ2v) is 6.23. The summed E-state index contributed by atoms with van der Waals surface area (Å²) in [4.78, 5) is 9.63. The highest BCUT2D eigenvalue weighted by Crippen LogP contribution is 2.23. The molecule has 1 aromatic heterocycles. The Kier molecular flexibility index (Phi) is 5.03. The standard InChI is InChI=1S/C16H17F5N4/c17-11-5-13-14(6-12(11)18)24-15(8-22-13)23-7-10-1-3-25(4-2-10)9-16(19,20)21/h5-6,8,10H,1-4,7,9H2,(H,23,24). The van der Waals surface area contributed by atoms with Gasteiger partial charge in [-0.25, -0.2) is 13.8 Å². The summed E-state index contributed by atoms with van der Waals surface area (Å²) in [5.74, 6) is -1.31. The van der Waals surface area contributed by atoms with Crippen LogP contribution in [0.4, 0.5) is 27.8 Å². The van der Waals surface area contributed by atoms with E-state index in [4.69, 9.17) is 0 Å². The number of rotatable bonds is 4. The molecule has 1 saturated heterocycles. The van der Waals surface area contributed by atoms with Gasteiger partial charge in [0.15, 0.2) is 11.6 Å². The van der Waals surface area contributed by atoms with Crippen LogP contribution in [0.15, 0.2) is 18.3 Å². The number of halogens is 5. The van der Waals surface area contributed by atoms with Crippen LogP contribution in [0.3, 0.4) is 0 Å². The smallest absolute Gasteiger partial charge is 0.368 e. The molecule has 0 spiro atoms. The molecule has 1 aliphatic heterocycles. The molecular weight excluding hydrogens is 343 g/mol. The number of anilines is 1. The Morgan fingerprint density at radius 2 is 1.72 bits per heavy atom. The fourth-order valence-electron chi connectivity index (χ4n) is 2.94. The minimum Gasteiger partial charge on any atom is -0.368 e. The van der Waals surface area contributed by atoms with Crippen molar-refractivity contribution in [2.45, 2.75) is 19.0 Å². The van der Waals surface area contributed by atoms with Crippen molar-refractivity contribution >= 4 is 16.9 Å². The van der Waals surface area contributed by atoms with Crippen LogP contribution in [0.5, 0.6) is 0 Å². The molecule has 0 aliphatic carbocycles. The number of likely N-dealkylation sites (tertiary alicyclic amines) is 1. The van der Waals surface area contributed by atoms with E-state index in [0.717, 1.165) is 12.1 Å². The summed E-state index contributed by atoms with van der Waals surface area (Å²) in [7, 11) is 0. The second kappa shape index (κ2) is 7.07. The quantitative estimate of drug-likeness (QED) is 0.846. The first-order valence-corrected chi connectivity index (χ1v) is 7.95. The van der Waals surface area contributed by atoms with Gasteiger partial charge in [0, 0.05) is 18.7 Å². The third kappa shape index (κ3) is 4.75. The first kappa shape index (κ1) is 17.8. The summed E-state index contributed by atoms with van der Waals surface area (Å²) >= 11 is 0. The SMILES string of the molecule is Fc1cc2ncc(NCC3CCN(CC(F)(F)F)CC3)nc2cc1F. The topological polar surface area (TPSA) is 41.1 Å². The fourth-order valence-corrected chi connectivity index (χ4v) is 2.94. The van der Waals surface area contributed by atoms with Crippen LogP contribution < -0.4 is 5.32 Å². The molecule has 0 bridgehead atoms. The highest BCUT2D eigenvalue weighted by molar-refractivity contribution is 5.75. The zero-order valence-corrected chi connectivity index (χ0v) is 13.3. The van der Waals surface area contributed by atoms with Crippen LogP contribution in [0.25, 0.3) is 11.0 Å². The number of aromatic nitrogens is 2. The molecule has 1 aliphatic rings. The Labute approximate surface area is 141 Å². The maximum absolute atomic E-state index is 13.3. The number of benzene rings is 1. The van der Waals surface area contributed by atoms with Gasteiger partial charge < -0.3 is 5.32 Å². The largest absolute Gasteiger partial charge is 0.401 e. The zero-order chi connectivity index (χ0) is 18.0. The molecule has 0 radical (unpaired) electrons. The molecule has 0 unspecified atom stereocenters. The van der Waals surface area contributed by atoms with Gasteiger partial charge in [-0.05, 0) is 31.8 Å². The van der Waals surface area contributed by atoms with Gasteiger partial charge >= 0.3 is 6.18 Å². The van der Waals surface area contributed by atoms with Gasteiger partial charge in [0.05, 0.1) is 23.8 Å². The lowest BCUT2D eigenvalue weighted by Crippen LogP contribution is -2.41. The Hall–Kier alpha value is -2.03. The summed E-state index contributed by atoms with van der Waals surface area (Å²) in [5, 5.41) is 3.07. The van der Waals surface area contributed by atoms with Crippen LogP contribution in [-0.2, 0) is 0 Å². The van der Waals surface area contributed by atoms with Crippen LogP contribution in [0, 0.1) is 17.6 Å². The molecular formula is C16H17F5N4. The van der Waals surface area contributed by atoms with E-state index in [1.807, 2.05) is 0 Å². The van der Waals surface area contributed by atoms with E-state index in [2.05, 4.69) is 15.3 Å². The Morgan fingerprint density at radius 1 is 1.08 bits per heavy atom. The van der Waals surface area contributed by atoms with Gasteiger partial charge in [-0.3, -0.25) is 9.88 Å². The molecule has 0 amide bonds. The molecule has 2 aromatic rings. The third-order valence-electron chi connectivity index (χ3n) is 4.27. The molecule has 4 nitrogen and oxygen atoms in total. The van der Waals surface area contributed by atoms with E-state index in [-0.39, 0.29) is 17.0 Å². The van der Waals surface area contributed by atoms with Gasteiger partial charge in [0.25, 0.3) is 0 Å². The van der Waals surface area contributed by atoms with Crippen molar-refractivity contribution in [3.8, 4) is 0 Å². The third-order valence-corrected chi connectivity index (χ3v) is 4.27. The molecule has 1 fully saturated rings. The monoisotopic (exact) mass is 360 g/mol. The summed E-state index contributed by atoms with van der Waals surface area (Å²) in [6.45, 7) is 0.481. The molecule has 3 rings (SSSR count). The van der Waals surface area contributed by atoms with Crippen LogP contribution in [0.2, 0.25) is 0 Å².